The molecule has 0 N–H and O–H groups in total. The summed E-state index contributed by atoms with van der Waals surface area (Å²) >= 11 is 0. The van der Waals surface area contributed by atoms with E-state index in [0.717, 1.165) is 36.3 Å². The highest BCUT2D eigenvalue weighted by atomic mass is 19.1. The number of aryl methyl sites for hydroxylation is 1. The number of benzene rings is 1. The Morgan fingerprint density at radius 1 is 1.23 bits per heavy atom. The minimum absolute atomic E-state index is 0.200. The predicted octanol–water partition coefficient (Wildman–Crippen LogP) is 3.16. The van der Waals surface area contributed by atoms with E-state index in [-0.39, 0.29) is 5.82 Å². The van der Waals surface area contributed by atoms with Crippen molar-refractivity contribution in [2.75, 3.05) is 19.6 Å². The van der Waals surface area contributed by atoms with Gasteiger partial charge in [-0.1, -0.05) is 6.92 Å². The van der Waals surface area contributed by atoms with Crippen LogP contribution in [0.15, 0.2) is 24.4 Å². The Morgan fingerprint density at radius 2 is 2.00 bits per heavy atom. The second kappa shape index (κ2) is 5.09. The number of nitrogens with zero attached hydrogens (tertiary/aromatic N) is 4. The Morgan fingerprint density at radius 3 is 2.73 bits per heavy atom. The Hall–Kier alpha value is -1.88. The SMILES string of the molecule is CCN1CCC(c2cnn3c4ccc(F)cc4n(C)c23)CC1. The standard InChI is InChI=1S/C17H21FN4/c1-3-21-8-6-12(7-9-21)14-11-19-22-15-5-4-13(18)10-16(15)20(2)17(14)22/h4-5,10-12H,3,6-9H2,1-2H3. The third-order valence-corrected chi connectivity index (χ3v) is 5.09. The Labute approximate surface area is 129 Å². The Balaban J connectivity index is 1.81. The molecule has 0 amide bonds. The Bertz CT molecular complexity index is 824. The Kier molecular flexibility index (Phi) is 3.18. The van der Waals surface area contributed by atoms with Gasteiger partial charge >= 0.3 is 0 Å². The fraction of sp³-hybridized carbons (Fsp3) is 0.471. The summed E-state index contributed by atoms with van der Waals surface area (Å²) in [4.78, 5) is 2.49. The molecule has 0 atom stereocenters. The molecule has 4 rings (SSSR count). The number of hydrogen-bond acceptors (Lipinski definition) is 2. The van der Waals surface area contributed by atoms with Gasteiger partial charge in [-0.2, -0.15) is 5.10 Å². The van der Waals surface area contributed by atoms with E-state index in [9.17, 15) is 4.39 Å². The summed E-state index contributed by atoms with van der Waals surface area (Å²) in [7, 11) is 2.00. The van der Waals surface area contributed by atoms with E-state index < -0.39 is 0 Å². The van der Waals surface area contributed by atoms with Crippen molar-refractivity contribution < 1.29 is 4.39 Å². The highest BCUT2D eigenvalue weighted by Crippen LogP contribution is 2.33. The molecule has 1 aromatic carbocycles. The minimum Gasteiger partial charge on any atom is -0.327 e. The van der Waals surface area contributed by atoms with Crippen molar-refractivity contribution in [1.82, 2.24) is 19.1 Å². The van der Waals surface area contributed by atoms with Crippen LogP contribution in [-0.2, 0) is 7.05 Å². The molecular formula is C17H21FN4. The third-order valence-electron chi connectivity index (χ3n) is 5.09. The highest BCUT2D eigenvalue weighted by Gasteiger charge is 2.24. The van der Waals surface area contributed by atoms with E-state index in [1.807, 2.05) is 23.8 Å². The number of likely N-dealkylation sites (tertiary alicyclic amines) is 1. The number of piperidine rings is 1. The van der Waals surface area contributed by atoms with Gasteiger partial charge in [0.05, 0.1) is 17.2 Å². The molecular weight excluding hydrogens is 279 g/mol. The van der Waals surface area contributed by atoms with Crippen LogP contribution in [0.25, 0.3) is 16.7 Å². The maximum absolute atomic E-state index is 13.5. The van der Waals surface area contributed by atoms with Gasteiger partial charge in [0.2, 0.25) is 0 Å². The molecule has 0 unspecified atom stereocenters. The van der Waals surface area contributed by atoms with Crippen LogP contribution in [0.5, 0.6) is 0 Å². The summed E-state index contributed by atoms with van der Waals surface area (Å²) in [5, 5.41) is 4.57. The summed E-state index contributed by atoms with van der Waals surface area (Å²) in [6.45, 7) is 5.65. The van der Waals surface area contributed by atoms with Crippen molar-refractivity contribution >= 4 is 16.7 Å². The molecule has 1 fully saturated rings. The van der Waals surface area contributed by atoms with Gasteiger partial charge in [0.15, 0.2) is 0 Å². The summed E-state index contributed by atoms with van der Waals surface area (Å²) in [5.74, 6) is 0.349. The summed E-state index contributed by atoms with van der Waals surface area (Å²) < 4.78 is 17.6. The molecule has 1 aliphatic rings. The second-order valence-electron chi connectivity index (χ2n) is 6.24. The van der Waals surface area contributed by atoms with Crippen LogP contribution in [0, 0.1) is 5.82 Å². The van der Waals surface area contributed by atoms with Gasteiger partial charge in [0, 0.05) is 12.6 Å². The zero-order chi connectivity index (χ0) is 15.3. The lowest BCUT2D eigenvalue weighted by Crippen LogP contribution is -2.32. The maximum atomic E-state index is 13.5. The van der Waals surface area contributed by atoms with Crippen molar-refractivity contribution in [3.05, 3.63) is 35.8 Å². The monoisotopic (exact) mass is 300 g/mol. The quantitative estimate of drug-likeness (QED) is 0.726. The third kappa shape index (κ3) is 1.96. The lowest BCUT2D eigenvalue weighted by Gasteiger charge is -2.30. The van der Waals surface area contributed by atoms with Crippen LogP contribution >= 0.6 is 0 Å². The fourth-order valence-electron chi connectivity index (χ4n) is 3.77. The van der Waals surface area contributed by atoms with E-state index in [2.05, 4.69) is 21.5 Å². The lowest BCUT2D eigenvalue weighted by molar-refractivity contribution is 0.223. The number of aromatic nitrogens is 3. The van der Waals surface area contributed by atoms with E-state index in [0.29, 0.717) is 5.92 Å². The maximum Gasteiger partial charge on any atom is 0.140 e. The molecule has 4 nitrogen and oxygen atoms in total. The first kappa shape index (κ1) is 13.8. The molecule has 0 radical (unpaired) electrons. The number of rotatable bonds is 2. The van der Waals surface area contributed by atoms with Gasteiger partial charge < -0.3 is 9.47 Å². The van der Waals surface area contributed by atoms with Gasteiger partial charge in [-0.15, -0.1) is 0 Å². The molecule has 5 heteroatoms. The molecule has 2 aromatic heterocycles. The first-order valence-corrected chi connectivity index (χ1v) is 8.03. The largest absolute Gasteiger partial charge is 0.327 e. The lowest BCUT2D eigenvalue weighted by atomic mass is 9.91. The van der Waals surface area contributed by atoms with E-state index in [1.54, 1.807) is 6.07 Å². The molecule has 0 saturated carbocycles. The molecule has 116 valence electrons. The van der Waals surface area contributed by atoms with Crippen LogP contribution < -0.4 is 0 Å². The normalized spacial score (nSPS) is 17.8. The summed E-state index contributed by atoms with van der Waals surface area (Å²) in [6, 6.07) is 4.91. The molecule has 3 aromatic rings. The highest BCUT2D eigenvalue weighted by molar-refractivity contribution is 5.82. The van der Waals surface area contributed by atoms with Crippen molar-refractivity contribution in [1.29, 1.82) is 0 Å². The second-order valence-corrected chi connectivity index (χ2v) is 6.24. The summed E-state index contributed by atoms with van der Waals surface area (Å²) in [5.41, 5.74) is 4.27. The van der Waals surface area contributed by atoms with Crippen LogP contribution in [-0.4, -0.2) is 38.7 Å². The van der Waals surface area contributed by atoms with Crippen LogP contribution in [0.2, 0.25) is 0 Å². The first-order chi connectivity index (χ1) is 10.7. The molecule has 1 saturated heterocycles. The van der Waals surface area contributed by atoms with Crippen molar-refractivity contribution in [2.45, 2.75) is 25.7 Å². The van der Waals surface area contributed by atoms with Gasteiger partial charge in [0.1, 0.15) is 11.5 Å². The number of halogens is 1. The molecule has 0 bridgehead atoms. The van der Waals surface area contributed by atoms with Gasteiger partial charge in [-0.3, -0.25) is 0 Å². The van der Waals surface area contributed by atoms with E-state index >= 15 is 0 Å². The minimum atomic E-state index is -0.200. The molecule has 1 aliphatic heterocycles. The van der Waals surface area contributed by atoms with Crippen molar-refractivity contribution in [3.8, 4) is 0 Å². The van der Waals surface area contributed by atoms with Gasteiger partial charge in [-0.25, -0.2) is 8.91 Å². The predicted molar refractivity (Wildman–Crippen MR) is 85.7 cm³/mol. The number of imidazole rings is 1. The van der Waals surface area contributed by atoms with Crippen molar-refractivity contribution in [2.24, 2.45) is 7.05 Å². The van der Waals surface area contributed by atoms with Gasteiger partial charge in [0.25, 0.3) is 0 Å². The topological polar surface area (TPSA) is 25.5 Å². The average molecular weight is 300 g/mol. The molecule has 0 aliphatic carbocycles. The average Bonchev–Trinajstić information content (AvgIpc) is 3.08. The molecule has 0 spiro atoms. The number of fused-ring (bicyclic) bond motifs is 3. The molecule has 22 heavy (non-hydrogen) atoms. The van der Waals surface area contributed by atoms with E-state index in [1.165, 1.54) is 24.5 Å². The molecule has 3 heterocycles. The number of hydrogen-bond donors (Lipinski definition) is 0. The zero-order valence-electron chi connectivity index (χ0n) is 13.1. The zero-order valence-corrected chi connectivity index (χ0v) is 13.1. The van der Waals surface area contributed by atoms with Gasteiger partial charge in [-0.05, 0) is 56.6 Å². The van der Waals surface area contributed by atoms with Crippen LogP contribution in [0.3, 0.4) is 0 Å². The van der Waals surface area contributed by atoms with Crippen LogP contribution in [0.1, 0.15) is 31.2 Å². The van der Waals surface area contributed by atoms with Crippen LogP contribution in [0.4, 0.5) is 4.39 Å². The summed E-state index contributed by atoms with van der Waals surface area (Å²) in [6.07, 6.45) is 4.35. The van der Waals surface area contributed by atoms with E-state index in [4.69, 9.17) is 0 Å². The van der Waals surface area contributed by atoms with Crippen molar-refractivity contribution in [3.63, 3.8) is 0 Å². The smallest absolute Gasteiger partial charge is 0.140 e. The first-order valence-electron chi connectivity index (χ1n) is 8.03. The fourth-order valence-corrected chi connectivity index (χ4v) is 3.77.